The number of hydrogen-bond donors (Lipinski definition) is 0. The van der Waals surface area contributed by atoms with Crippen LogP contribution in [0.1, 0.15) is 12.8 Å². The van der Waals surface area contributed by atoms with E-state index in [4.69, 9.17) is 0 Å². The van der Waals surface area contributed by atoms with Crippen LogP contribution in [-0.2, 0) is 0 Å². The normalized spacial score (nSPS) is 14.7. The van der Waals surface area contributed by atoms with Crippen molar-refractivity contribution in [2.45, 2.75) is 12.8 Å². The van der Waals surface area contributed by atoms with Gasteiger partial charge in [0.05, 0.1) is 0 Å². The standard InChI is InChI=1S/C3H5.BF4.K/c1-2-3-1;2-1(3,4)5;/h1H,2-3H2;;/q2*-1;+1. The Hall–Kier alpha value is 1.42. The van der Waals surface area contributed by atoms with Gasteiger partial charge >= 0.3 is 58.6 Å². The van der Waals surface area contributed by atoms with E-state index in [0.29, 0.717) is 0 Å². The van der Waals surface area contributed by atoms with Crippen LogP contribution < -0.4 is 51.4 Å². The van der Waals surface area contributed by atoms with Crippen LogP contribution in [0.25, 0.3) is 0 Å². The molecule has 0 unspecified atom stereocenters. The van der Waals surface area contributed by atoms with Gasteiger partial charge in [0.2, 0.25) is 0 Å². The zero-order valence-electron chi connectivity index (χ0n) is 5.08. The van der Waals surface area contributed by atoms with Crippen molar-refractivity contribution in [3.8, 4) is 0 Å². The monoisotopic (exact) mass is 167 g/mol. The Labute approximate surface area is 93.9 Å². The maximum atomic E-state index is 9.75. The summed E-state index contributed by atoms with van der Waals surface area (Å²) in [5, 5.41) is 0. The molecule has 0 aromatic heterocycles. The molecule has 0 amide bonds. The first-order chi connectivity index (χ1) is 3.50. The Kier molecular flexibility index (Phi) is 8.92. The van der Waals surface area contributed by atoms with Gasteiger partial charge < -0.3 is 23.7 Å². The summed E-state index contributed by atoms with van der Waals surface area (Å²) in [5.41, 5.74) is 0. The summed E-state index contributed by atoms with van der Waals surface area (Å²) in [7, 11) is -6.00. The quantitative estimate of drug-likeness (QED) is 0.254. The molecule has 1 aliphatic carbocycles. The molecule has 0 aromatic rings. The summed E-state index contributed by atoms with van der Waals surface area (Å²) in [6.07, 6.45) is 5.00. The molecule has 1 fully saturated rings. The maximum Gasteiger partial charge on any atom is 1.00 e. The number of hydrogen-bond acceptors (Lipinski definition) is 0. The molecule has 0 atom stereocenters. The van der Waals surface area contributed by atoms with Gasteiger partial charge in [-0.05, 0) is 0 Å². The van der Waals surface area contributed by atoms with E-state index in [9.17, 15) is 17.3 Å². The van der Waals surface area contributed by atoms with E-state index >= 15 is 0 Å². The van der Waals surface area contributed by atoms with E-state index in [1.165, 1.54) is 12.8 Å². The van der Waals surface area contributed by atoms with Gasteiger partial charge in [0.25, 0.3) is 0 Å². The van der Waals surface area contributed by atoms with Crippen LogP contribution in [0.4, 0.5) is 17.3 Å². The topological polar surface area (TPSA) is 0 Å². The van der Waals surface area contributed by atoms with Gasteiger partial charge in [0.15, 0.2) is 0 Å². The number of halogens is 4. The van der Waals surface area contributed by atoms with E-state index in [-0.39, 0.29) is 51.4 Å². The van der Waals surface area contributed by atoms with Gasteiger partial charge in [0.1, 0.15) is 0 Å². The van der Waals surface area contributed by atoms with Gasteiger partial charge in [-0.3, -0.25) is 0 Å². The van der Waals surface area contributed by atoms with Crippen LogP contribution in [0.15, 0.2) is 0 Å². The van der Waals surface area contributed by atoms with Crippen molar-refractivity contribution in [1.29, 1.82) is 0 Å². The summed E-state index contributed by atoms with van der Waals surface area (Å²) < 4.78 is 39.0. The molecule has 0 spiro atoms. The first kappa shape index (κ1) is 13.0. The molecule has 1 rings (SSSR count). The third-order valence-electron chi connectivity index (χ3n) is 0.289. The largest absolute Gasteiger partial charge is 1.00 e. The smallest absolute Gasteiger partial charge is 0.418 e. The average Bonchev–Trinajstić information content (AvgIpc) is 1.95. The maximum absolute atomic E-state index is 9.75. The van der Waals surface area contributed by atoms with Crippen LogP contribution in [0.2, 0.25) is 0 Å². The van der Waals surface area contributed by atoms with Gasteiger partial charge in [-0.25, -0.2) is 12.8 Å². The van der Waals surface area contributed by atoms with Gasteiger partial charge in [0, 0.05) is 0 Å². The molecular weight excluding hydrogens is 162 g/mol. The molecule has 0 aromatic carbocycles. The Balaban J connectivity index is 0. The molecule has 0 nitrogen and oxygen atoms in total. The van der Waals surface area contributed by atoms with Crippen molar-refractivity contribution < 1.29 is 68.6 Å². The van der Waals surface area contributed by atoms with E-state index in [0.717, 1.165) is 0 Å². The Morgan fingerprint density at radius 3 is 1.11 bits per heavy atom. The summed E-state index contributed by atoms with van der Waals surface area (Å²) in [6, 6.07) is 0. The molecule has 0 radical (unpaired) electrons. The summed E-state index contributed by atoms with van der Waals surface area (Å²) in [5.74, 6) is 0. The third-order valence-corrected chi connectivity index (χ3v) is 0.289. The molecule has 6 heteroatoms. The van der Waals surface area contributed by atoms with Crippen LogP contribution in [0.3, 0.4) is 0 Å². The van der Waals surface area contributed by atoms with E-state index < -0.39 is 7.25 Å². The minimum Gasteiger partial charge on any atom is -0.418 e. The van der Waals surface area contributed by atoms with Crippen molar-refractivity contribution >= 4 is 7.25 Å². The minimum absolute atomic E-state index is 0. The molecule has 50 valence electrons. The molecular formula is C3H5BF4K-. The van der Waals surface area contributed by atoms with Crippen LogP contribution in [-0.4, -0.2) is 7.25 Å². The molecule has 0 bridgehead atoms. The van der Waals surface area contributed by atoms with Gasteiger partial charge in [-0.1, -0.05) is 0 Å². The summed E-state index contributed by atoms with van der Waals surface area (Å²) >= 11 is 0. The molecule has 1 aliphatic rings. The van der Waals surface area contributed by atoms with Crippen molar-refractivity contribution in [1.82, 2.24) is 0 Å². The van der Waals surface area contributed by atoms with E-state index in [2.05, 4.69) is 6.42 Å². The Bertz CT molecular complexity index is 52.6. The van der Waals surface area contributed by atoms with Crippen LogP contribution in [0.5, 0.6) is 0 Å². The Morgan fingerprint density at radius 1 is 1.00 bits per heavy atom. The average molecular weight is 167 g/mol. The zero-order valence-corrected chi connectivity index (χ0v) is 8.20. The predicted molar refractivity (Wildman–Crippen MR) is 23.7 cm³/mol. The minimum atomic E-state index is -6.00. The van der Waals surface area contributed by atoms with Crippen molar-refractivity contribution in [3.05, 3.63) is 6.42 Å². The summed E-state index contributed by atoms with van der Waals surface area (Å²) in [6.45, 7) is 0. The second-order valence-corrected chi connectivity index (χ2v) is 1.36. The second kappa shape index (κ2) is 6.15. The van der Waals surface area contributed by atoms with Gasteiger partial charge in [-0.15, -0.1) is 0 Å². The van der Waals surface area contributed by atoms with Crippen LogP contribution in [0, 0.1) is 6.42 Å². The third kappa shape index (κ3) is 88.5. The molecule has 1 saturated carbocycles. The Morgan fingerprint density at radius 2 is 1.11 bits per heavy atom. The summed E-state index contributed by atoms with van der Waals surface area (Å²) in [4.78, 5) is 0. The zero-order chi connectivity index (χ0) is 6.62. The van der Waals surface area contributed by atoms with Crippen molar-refractivity contribution in [2.24, 2.45) is 0 Å². The molecule has 0 aliphatic heterocycles. The first-order valence-corrected chi connectivity index (χ1v) is 2.19. The first-order valence-electron chi connectivity index (χ1n) is 2.19. The van der Waals surface area contributed by atoms with Crippen LogP contribution >= 0.6 is 0 Å². The van der Waals surface area contributed by atoms with Gasteiger partial charge in [-0.2, -0.15) is 0 Å². The fourth-order valence-corrected chi connectivity index (χ4v) is 0. The SMILES string of the molecule is F[B-](F)(F)F.[CH-]1CC1.[K+]. The molecule has 0 saturated heterocycles. The molecule has 0 N–H and O–H groups in total. The predicted octanol–water partition coefficient (Wildman–Crippen LogP) is -0.712. The molecule has 9 heavy (non-hydrogen) atoms. The van der Waals surface area contributed by atoms with E-state index in [1.54, 1.807) is 0 Å². The number of rotatable bonds is 0. The fraction of sp³-hybridized carbons (Fsp3) is 0.667. The fourth-order valence-electron chi connectivity index (χ4n) is 0. The van der Waals surface area contributed by atoms with Crippen molar-refractivity contribution in [3.63, 3.8) is 0 Å². The van der Waals surface area contributed by atoms with Crippen molar-refractivity contribution in [2.75, 3.05) is 0 Å². The van der Waals surface area contributed by atoms with E-state index in [1.807, 2.05) is 0 Å². The molecule has 0 heterocycles. The second-order valence-electron chi connectivity index (χ2n) is 1.36.